The van der Waals surface area contributed by atoms with E-state index in [1.54, 1.807) is 0 Å². The lowest BCUT2D eigenvalue weighted by Crippen LogP contribution is -2.34. The van der Waals surface area contributed by atoms with Gasteiger partial charge in [-0.3, -0.25) is 0 Å². The highest BCUT2D eigenvalue weighted by atomic mass is 35.5. The maximum atomic E-state index is 5.89. The third-order valence-corrected chi connectivity index (χ3v) is 4.21. The van der Waals surface area contributed by atoms with Crippen LogP contribution in [-0.2, 0) is 0 Å². The van der Waals surface area contributed by atoms with Crippen LogP contribution in [0.1, 0.15) is 38.5 Å². The number of halogens is 2. The standard InChI is InChI=1S/C13H21Cl2N5/c1-20(10-6-3-2-4-7-10)9-5-8-16-12-11(14)18-19-13(15)17-12/h10H,2-9H2,1H3,(H,16,17,19). The van der Waals surface area contributed by atoms with Crippen molar-refractivity contribution in [3.63, 3.8) is 0 Å². The van der Waals surface area contributed by atoms with E-state index in [0.717, 1.165) is 25.6 Å². The number of hydrogen-bond donors (Lipinski definition) is 1. The first-order valence-electron chi connectivity index (χ1n) is 7.16. The number of nitrogens with zero attached hydrogens (tertiary/aromatic N) is 4. The van der Waals surface area contributed by atoms with Crippen LogP contribution in [0.25, 0.3) is 0 Å². The molecule has 0 spiro atoms. The Balaban J connectivity index is 1.69. The molecule has 1 N–H and O–H groups in total. The van der Waals surface area contributed by atoms with Crippen LogP contribution in [0, 0.1) is 0 Å². The molecule has 1 heterocycles. The molecular weight excluding hydrogens is 297 g/mol. The second-order valence-electron chi connectivity index (χ2n) is 5.27. The zero-order valence-electron chi connectivity index (χ0n) is 11.8. The molecule has 1 aliphatic rings. The third kappa shape index (κ3) is 4.72. The fourth-order valence-electron chi connectivity index (χ4n) is 2.65. The van der Waals surface area contributed by atoms with E-state index in [1.165, 1.54) is 32.1 Å². The number of hydrogen-bond acceptors (Lipinski definition) is 5. The highest BCUT2D eigenvalue weighted by molar-refractivity contribution is 6.32. The lowest BCUT2D eigenvalue weighted by Gasteiger charge is -2.31. The number of aromatic nitrogens is 3. The SMILES string of the molecule is CN(CCCNc1nc(Cl)nnc1Cl)C1CCCCC1. The highest BCUT2D eigenvalue weighted by Gasteiger charge is 2.17. The summed E-state index contributed by atoms with van der Waals surface area (Å²) in [5.41, 5.74) is 0. The van der Waals surface area contributed by atoms with Gasteiger partial charge in [-0.2, -0.15) is 4.98 Å². The Kier molecular flexibility index (Phi) is 6.26. The molecule has 0 atom stereocenters. The quantitative estimate of drug-likeness (QED) is 0.816. The van der Waals surface area contributed by atoms with Gasteiger partial charge in [0.15, 0.2) is 11.0 Å². The van der Waals surface area contributed by atoms with Gasteiger partial charge in [-0.1, -0.05) is 30.9 Å². The Morgan fingerprint density at radius 2 is 1.95 bits per heavy atom. The first-order valence-corrected chi connectivity index (χ1v) is 7.92. The van der Waals surface area contributed by atoms with Crippen LogP contribution in [0.15, 0.2) is 0 Å². The lowest BCUT2D eigenvalue weighted by molar-refractivity contribution is 0.191. The van der Waals surface area contributed by atoms with E-state index >= 15 is 0 Å². The minimum Gasteiger partial charge on any atom is -0.367 e. The van der Waals surface area contributed by atoms with Crippen LogP contribution < -0.4 is 5.32 Å². The zero-order valence-corrected chi connectivity index (χ0v) is 13.3. The predicted molar refractivity (Wildman–Crippen MR) is 82.5 cm³/mol. The number of anilines is 1. The van der Waals surface area contributed by atoms with Gasteiger partial charge in [-0.25, -0.2) is 0 Å². The molecule has 1 fully saturated rings. The Morgan fingerprint density at radius 1 is 1.20 bits per heavy atom. The van der Waals surface area contributed by atoms with Gasteiger partial charge in [-0.15, -0.1) is 10.2 Å². The Morgan fingerprint density at radius 3 is 2.70 bits per heavy atom. The van der Waals surface area contributed by atoms with E-state index in [1.807, 2.05) is 0 Å². The van der Waals surface area contributed by atoms with E-state index in [9.17, 15) is 0 Å². The van der Waals surface area contributed by atoms with Gasteiger partial charge in [0.25, 0.3) is 0 Å². The summed E-state index contributed by atoms with van der Waals surface area (Å²) in [7, 11) is 2.21. The fraction of sp³-hybridized carbons (Fsp3) is 0.769. The predicted octanol–water partition coefficient (Wildman–Crippen LogP) is 3.24. The van der Waals surface area contributed by atoms with Crippen molar-refractivity contribution >= 4 is 29.0 Å². The first-order chi connectivity index (χ1) is 9.66. The van der Waals surface area contributed by atoms with Gasteiger partial charge in [-0.05, 0) is 44.5 Å². The molecule has 1 aliphatic carbocycles. The lowest BCUT2D eigenvalue weighted by atomic mass is 9.94. The summed E-state index contributed by atoms with van der Waals surface area (Å²) < 4.78 is 0. The molecule has 5 nitrogen and oxygen atoms in total. The number of nitrogens with one attached hydrogen (secondary N) is 1. The third-order valence-electron chi connectivity index (χ3n) is 3.80. The van der Waals surface area contributed by atoms with E-state index in [2.05, 4.69) is 32.4 Å². The topological polar surface area (TPSA) is 53.9 Å². The molecule has 0 aliphatic heterocycles. The maximum absolute atomic E-state index is 5.89. The molecule has 0 aromatic carbocycles. The van der Waals surface area contributed by atoms with E-state index in [-0.39, 0.29) is 10.4 Å². The molecule has 112 valence electrons. The minimum absolute atomic E-state index is 0.108. The summed E-state index contributed by atoms with van der Waals surface area (Å²) in [6.45, 7) is 1.87. The van der Waals surface area contributed by atoms with Crippen LogP contribution in [0.5, 0.6) is 0 Å². The van der Waals surface area contributed by atoms with Crippen LogP contribution in [0.2, 0.25) is 10.4 Å². The molecule has 0 radical (unpaired) electrons. The molecule has 0 saturated heterocycles. The van der Waals surface area contributed by atoms with Crippen molar-refractivity contribution in [2.24, 2.45) is 0 Å². The van der Waals surface area contributed by atoms with Crippen molar-refractivity contribution in [2.45, 2.75) is 44.6 Å². The minimum atomic E-state index is 0.108. The van der Waals surface area contributed by atoms with Crippen molar-refractivity contribution in [2.75, 3.05) is 25.5 Å². The summed E-state index contributed by atoms with van der Waals surface area (Å²) in [5.74, 6) is 0.506. The average Bonchev–Trinajstić information content (AvgIpc) is 2.47. The van der Waals surface area contributed by atoms with Crippen LogP contribution in [0.4, 0.5) is 5.82 Å². The van der Waals surface area contributed by atoms with E-state index in [4.69, 9.17) is 23.2 Å². The molecule has 0 amide bonds. The van der Waals surface area contributed by atoms with E-state index in [0.29, 0.717) is 5.82 Å². The second-order valence-corrected chi connectivity index (χ2v) is 5.97. The first kappa shape index (κ1) is 15.7. The summed E-state index contributed by atoms with van der Waals surface area (Å²) in [6, 6.07) is 0.752. The summed E-state index contributed by atoms with van der Waals surface area (Å²) in [5, 5.41) is 10.8. The molecule has 7 heteroatoms. The van der Waals surface area contributed by atoms with E-state index < -0.39 is 0 Å². The summed E-state index contributed by atoms with van der Waals surface area (Å²) in [6.07, 6.45) is 7.83. The molecule has 0 bridgehead atoms. The Hall–Kier alpha value is -0.650. The average molecular weight is 318 g/mol. The van der Waals surface area contributed by atoms with Crippen LogP contribution in [0.3, 0.4) is 0 Å². The molecule has 20 heavy (non-hydrogen) atoms. The molecule has 0 unspecified atom stereocenters. The Labute approximate surface area is 130 Å². The van der Waals surface area contributed by atoms with Gasteiger partial charge in [0.1, 0.15) is 0 Å². The summed E-state index contributed by atoms with van der Waals surface area (Å²) >= 11 is 11.6. The van der Waals surface area contributed by atoms with Crippen LogP contribution >= 0.6 is 23.2 Å². The van der Waals surface area contributed by atoms with Gasteiger partial charge in [0, 0.05) is 12.6 Å². The van der Waals surface area contributed by atoms with Crippen molar-refractivity contribution in [1.29, 1.82) is 0 Å². The van der Waals surface area contributed by atoms with Crippen molar-refractivity contribution < 1.29 is 0 Å². The smallest absolute Gasteiger partial charge is 0.245 e. The normalized spacial score (nSPS) is 16.6. The Bertz CT molecular complexity index is 423. The largest absolute Gasteiger partial charge is 0.367 e. The number of rotatable bonds is 6. The van der Waals surface area contributed by atoms with Crippen molar-refractivity contribution in [3.8, 4) is 0 Å². The summed E-state index contributed by atoms with van der Waals surface area (Å²) in [4.78, 5) is 6.48. The second kappa shape index (κ2) is 7.96. The fourth-order valence-corrected chi connectivity index (χ4v) is 2.91. The molecule has 2 rings (SSSR count). The zero-order chi connectivity index (χ0) is 14.4. The molecule has 1 saturated carbocycles. The van der Waals surface area contributed by atoms with Gasteiger partial charge in [0.2, 0.25) is 5.28 Å². The molecule has 1 aromatic heterocycles. The molecule has 1 aromatic rings. The highest BCUT2D eigenvalue weighted by Crippen LogP contribution is 2.21. The monoisotopic (exact) mass is 317 g/mol. The van der Waals surface area contributed by atoms with Gasteiger partial charge in [0.05, 0.1) is 0 Å². The van der Waals surface area contributed by atoms with Crippen LogP contribution in [-0.4, -0.2) is 46.3 Å². The van der Waals surface area contributed by atoms with Gasteiger partial charge < -0.3 is 10.2 Å². The van der Waals surface area contributed by atoms with Gasteiger partial charge >= 0.3 is 0 Å². The maximum Gasteiger partial charge on any atom is 0.245 e. The van der Waals surface area contributed by atoms with Crippen molar-refractivity contribution in [1.82, 2.24) is 20.1 Å². The van der Waals surface area contributed by atoms with Crippen molar-refractivity contribution in [3.05, 3.63) is 10.4 Å². The molecular formula is C13H21Cl2N5.